The first kappa shape index (κ1) is 17.2. The molecule has 1 fully saturated rings. The molecule has 6 heteroatoms. The molecule has 22 heavy (non-hydrogen) atoms. The van der Waals surface area contributed by atoms with Crippen LogP contribution in [0.15, 0.2) is 16.8 Å². The molecule has 1 aromatic rings. The number of thiophene rings is 1. The smallest absolute Gasteiger partial charge is 0.314 e. The van der Waals surface area contributed by atoms with Crippen molar-refractivity contribution in [3.05, 3.63) is 22.4 Å². The van der Waals surface area contributed by atoms with Gasteiger partial charge in [0, 0.05) is 13.1 Å². The van der Waals surface area contributed by atoms with Crippen molar-refractivity contribution in [3.8, 4) is 0 Å². The molecule has 5 nitrogen and oxygen atoms in total. The van der Waals surface area contributed by atoms with Crippen LogP contribution < -0.4 is 10.6 Å². The van der Waals surface area contributed by atoms with E-state index in [1.54, 1.807) is 6.92 Å². The molecule has 2 rings (SSSR count). The highest BCUT2D eigenvalue weighted by Crippen LogP contribution is 2.22. The molecule has 3 N–H and O–H groups in total. The normalized spacial score (nSPS) is 22.0. The lowest BCUT2D eigenvalue weighted by Crippen LogP contribution is -2.46. The maximum atomic E-state index is 11.9. The van der Waals surface area contributed by atoms with Crippen LogP contribution in [0.25, 0.3) is 0 Å². The van der Waals surface area contributed by atoms with Gasteiger partial charge in [-0.3, -0.25) is 0 Å². The summed E-state index contributed by atoms with van der Waals surface area (Å²) in [7, 11) is 0. The number of nitrogens with one attached hydrogen (secondary N) is 2. The third-order valence-electron chi connectivity index (χ3n) is 4.34. The molecule has 0 aliphatic carbocycles. The Hall–Kier alpha value is -1.11. The van der Waals surface area contributed by atoms with E-state index in [0.29, 0.717) is 12.5 Å². The summed E-state index contributed by atoms with van der Waals surface area (Å²) in [6.07, 6.45) is 2.37. The lowest BCUT2D eigenvalue weighted by molar-refractivity contribution is 0.0597. The minimum absolute atomic E-state index is 0.205. The van der Waals surface area contributed by atoms with Crippen LogP contribution in [-0.2, 0) is 5.60 Å². The highest BCUT2D eigenvalue weighted by Gasteiger charge is 2.24. The van der Waals surface area contributed by atoms with Crippen molar-refractivity contribution >= 4 is 17.4 Å². The zero-order valence-electron chi connectivity index (χ0n) is 13.5. The van der Waals surface area contributed by atoms with Gasteiger partial charge in [0.15, 0.2) is 0 Å². The molecule has 1 saturated heterocycles. The minimum atomic E-state index is -1.03. The van der Waals surface area contributed by atoms with E-state index in [9.17, 15) is 9.90 Å². The maximum absolute atomic E-state index is 11.9. The summed E-state index contributed by atoms with van der Waals surface area (Å²) in [5.74, 6) is 0.525. The highest BCUT2D eigenvalue weighted by molar-refractivity contribution is 7.08. The molecule has 124 valence electrons. The highest BCUT2D eigenvalue weighted by atomic mass is 32.1. The lowest BCUT2D eigenvalue weighted by atomic mass is 9.98. The van der Waals surface area contributed by atoms with Gasteiger partial charge in [-0.05, 0) is 61.2 Å². The number of carbonyl (C=O) groups is 1. The van der Waals surface area contributed by atoms with E-state index in [1.165, 1.54) is 30.7 Å². The summed E-state index contributed by atoms with van der Waals surface area (Å²) < 4.78 is 0. The zero-order valence-corrected chi connectivity index (χ0v) is 14.3. The van der Waals surface area contributed by atoms with Crippen molar-refractivity contribution in [2.45, 2.75) is 32.3 Å². The van der Waals surface area contributed by atoms with Crippen LogP contribution >= 0.6 is 11.3 Å². The van der Waals surface area contributed by atoms with Crippen LogP contribution in [0.5, 0.6) is 0 Å². The van der Waals surface area contributed by atoms with E-state index >= 15 is 0 Å². The van der Waals surface area contributed by atoms with Crippen molar-refractivity contribution in [3.63, 3.8) is 0 Å². The molecule has 2 amide bonds. The first-order chi connectivity index (χ1) is 10.5. The fraction of sp³-hybridized carbons (Fsp3) is 0.688. The van der Waals surface area contributed by atoms with Crippen molar-refractivity contribution in [1.82, 2.24) is 15.5 Å². The van der Waals surface area contributed by atoms with Crippen LogP contribution in [0.3, 0.4) is 0 Å². The number of nitrogens with zero attached hydrogens (tertiary/aromatic N) is 1. The van der Waals surface area contributed by atoms with Crippen LogP contribution in [0.2, 0.25) is 0 Å². The Morgan fingerprint density at radius 1 is 1.55 bits per heavy atom. The quantitative estimate of drug-likeness (QED) is 0.749. The van der Waals surface area contributed by atoms with E-state index in [2.05, 4.69) is 22.5 Å². The number of hydrogen-bond acceptors (Lipinski definition) is 4. The topological polar surface area (TPSA) is 64.6 Å². The van der Waals surface area contributed by atoms with E-state index in [1.807, 2.05) is 16.8 Å². The van der Waals surface area contributed by atoms with Gasteiger partial charge in [0.1, 0.15) is 5.60 Å². The lowest BCUT2D eigenvalue weighted by Gasteiger charge is -2.32. The average molecular weight is 325 g/mol. The largest absolute Gasteiger partial charge is 0.384 e. The van der Waals surface area contributed by atoms with Gasteiger partial charge in [-0.2, -0.15) is 11.3 Å². The first-order valence-electron chi connectivity index (χ1n) is 8.00. The Kier molecular flexibility index (Phi) is 6.23. The second-order valence-corrected chi connectivity index (χ2v) is 7.03. The van der Waals surface area contributed by atoms with Crippen LogP contribution in [0.4, 0.5) is 4.79 Å². The number of urea groups is 1. The summed E-state index contributed by atoms with van der Waals surface area (Å²) in [4.78, 5) is 14.3. The molecule has 1 aromatic heterocycles. The molecule has 2 atom stereocenters. The summed E-state index contributed by atoms with van der Waals surface area (Å²) in [5, 5.41) is 19.9. The molecular weight excluding hydrogens is 298 g/mol. The van der Waals surface area contributed by atoms with Gasteiger partial charge in [-0.15, -0.1) is 0 Å². The first-order valence-corrected chi connectivity index (χ1v) is 8.94. The number of hydrogen-bond donors (Lipinski definition) is 3. The summed E-state index contributed by atoms with van der Waals surface area (Å²) in [6.45, 7) is 8.10. The SMILES string of the molecule is CCN1CCCC(CNC(=O)NCC(C)(O)c2ccsc2)C1. The van der Waals surface area contributed by atoms with Gasteiger partial charge < -0.3 is 20.6 Å². The average Bonchev–Trinajstić information content (AvgIpc) is 3.06. The van der Waals surface area contributed by atoms with E-state index < -0.39 is 5.60 Å². The number of likely N-dealkylation sites (tertiary alicyclic amines) is 1. The van der Waals surface area contributed by atoms with Gasteiger partial charge >= 0.3 is 6.03 Å². The van der Waals surface area contributed by atoms with Gasteiger partial charge in [0.05, 0.1) is 6.54 Å². The van der Waals surface area contributed by atoms with Crippen molar-refractivity contribution in [1.29, 1.82) is 0 Å². The summed E-state index contributed by atoms with van der Waals surface area (Å²) in [6, 6.07) is 1.68. The predicted octanol–water partition coefficient (Wildman–Crippen LogP) is 1.99. The summed E-state index contributed by atoms with van der Waals surface area (Å²) in [5.41, 5.74) is -0.190. The molecular formula is C16H27N3O2S. The van der Waals surface area contributed by atoms with Crippen molar-refractivity contribution in [2.24, 2.45) is 5.92 Å². The molecule has 1 aliphatic rings. The van der Waals surface area contributed by atoms with Gasteiger partial charge in [0.25, 0.3) is 0 Å². The maximum Gasteiger partial charge on any atom is 0.314 e. The molecule has 0 saturated carbocycles. The fourth-order valence-corrected chi connectivity index (χ4v) is 3.61. The monoisotopic (exact) mass is 325 g/mol. The van der Waals surface area contributed by atoms with Crippen LogP contribution in [0.1, 0.15) is 32.3 Å². The third kappa shape index (κ3) is 4.97. The Bertz CT molecular complexity index is 462. The number of aliphatic hydroxyl groups is 1. The molecule has 2 heterocycles. The standard InChI is InChI=1S/C16H27N3O2S/c1-3-19-7-4-5-13(10-19)9-17-15(20)18-12-16(2,21)14-6-8-22-11-14/h6,8,11,13,21H,3-5,7,9-10,12H2,1-2H3,(H2,17,18,20). The Morgan fingerprint density at radius 2 is 2.36 bits per heavy atom. The minimum Gasteiger partial charge on any atom is -0.384 e. The number of amides is 2. The molecule has 1 aliphatic heterocycles. The Balaban J connectivity index is 1.70. The predicted molar refractivity (Wildman–Crippen MR) is 90.1 cm³/mol. The van der Waals surface area contributed by atoms with E-state index in [-0.39, 0.29) is 12.6 Å². The van der Waals surface area contributed by atoms with E-state index in [0.717, 1.165) is 18.7 Å². The van der Waals surface area contributed by atoms with Gasteiger partial charge in [0.2, 0.25) is 0 Å². The Labute approximate surface area is 136 Å². The zero-order chi connectivity index (χ0) is 16.0. The Morgan fingerprint density at radius 3 is 3.05 bits per heavy atom. The number of rotatable bonds is 6. The van der Waals surface area contributed by atoms with Gasteiger partial charge in [-0.1, -0.05) is 6.92 Å². The van der Waals surface area contributed by atoms with Crippen LogP contribution in [0, 0.1) is 5.92 Å². The molecule has 0 aromatic carbocycles. The summed E-state index contributed by atoms with van der Waals surface area (Å²) >= 11 is 1.54. The number of piperidine rings is 1. The molecule has 0 radical (unpaired) electrons. The molecule has 2 unspecified atom stereocenters. The second kappa shape index (κ2) is 7.94. The fourth-order valence-electron chi connectivity index (χ4n) is 2.83. The molecule has 0 bridgehead atoms. The van der Waals surface area contributed by atoms with Crippen LogP contribution in [-0.4, -0.2) is 48.8 Å². The number of carbonyl (C=O) groups excluding carboxylic acids is 1. The van der Waals surface area contributed by atoms with E-state index in [4.69, 9.17) is 0 Å². The second-order valence-electron chi connectivity index (χ2n) is 6.25. The van der Waals surface area contributed by atoms with Crippen molar-refractivity contribution < 1.29 is 9.90 Å². The third-order valence-corrected chi connectivity index (χ3v) is 5.02. The van der Waals surface area contributed by atoms with Gasteiger partial charge in [-0.25, -0.2) is 4.79 Å². The van der Waals surface area contributed by atoms with Crippen molar-refractivity contribution in [2.75, 3.05) is 32.7 Å². The molecule has 0 spiro atoms.